The van der Waals surface area contributed by atoms with Crippen LogP contribution in [-0.2, 0) is 6.42 Å². The van der Waals surface area contributed by atoms with Crippen molar-refractivity contribution in [3.63, 3.8) is 0 Å². The maximum Gasteiger partial charge on any atom is 0.134 e. The molecule has 1 aromatic carbocycles. The lowest BCUT2D eigenvalue weighted by molar-refractivity contribution is 0.399. The van der Waals surface area contributed by atoms with E-state index < -0.39 is 0 Å². The molecule has 0 aliphatic carbocycles. The lowest BCUT2D eigenvalue weighted by atomic mass is 10.0. The van der Waals surface area contributed by atoms with Crippen LogP contribution >= 0.6 is 15.9 Å². The van der Waals surface area contributed by atoms with Gasteiger partial charge in [0.1, 0.15) is 11.5 Å². The number of hydrogen-bond donors (Lipinski definition) is 1. The number of methoxy groups -OCH3 is 1. The third-order valence-electron chi connectivity index (χ3n) is 3.29. The van der Waals surface area contributed by atoms with Gasteiger partial charge in [-0.05, 0) is 59.1 Å². The number of rotatable bonds is 7. The van der Waals surface area contributed by atoms with Gasteiger partial charge in [-0.1, -0.05) is 19.1 Å². The molecule has 0 aliphatic heterocycles. The highest BCUT2D eigenvalue weighted by Gasteiger charge is 2.16. The van der Waals surface area contributed by atoms with E-state index in [1.807, 2.05) is 18.2 Å². The first-order valence-electron chi connectivity index (χ1n) is 6.83. The topological polar surface area (TPSA) is 34.4 Å². The van der Waals surface area contributed by atoms with Gasteiger partial charge in [0.2, 0.25) is 0 Å². The Bertz CT molecular complexity index is 522. The molecule has 0 amide bonds. The van der Waals surface area contributed by atoms with E-state index in [1.165, 1.54) is 5.56 Å². The van der Waals surface area contributed by atoms with Crippen LogP contribution in [0.25, 0.3) is 0 Å². The Kier molecular flexibility index (Phi) is 5.68. The van der Waals surface area contributed by atoms with E-state index in [9.17, 15) is 0 Å². The van der Waals surface area contributed by atoms with Gasteiger partial charge in [0.05, 0.1) is 23.9 Å². The van der Waals surface area contributed by atoms with Gasteiger partial charge in [0.25, 0.3) is 0 Å². The summed E-state index contributed by atoms with van der Waals surface area (Å²) in [5.41, 5.74) is 1.30. The van der Waals surface area contributed by atoms with Crippen LogP contribution in [0.3, 0.4) is 0 Å². The summed E-state index contributed by atoms with van der Waals surface area (Å²) < 4.78 is 11.8. The summed E-state index contributed by atoms with van der Waals surface area (Å²) in [6, 6.07) is 10.4. The highest BCUT2D eigenvalue weighted by molar-refractivity contribution is 9.10. The van der Waals surface area contributed by atoms with Crippen molar-refractivity contribution >= 4 is 15.9 Å². The fraction of sp³-hybridized carbons (Fsp3) is 0.375. The highest BCUT2D eigenvalue weighted by atomic mass is 79.9. The Labute approximate surface area is 128 Å². The second kappa shape index (κ2) is 7.50. The molecule has 2 aromatic rings. The third-order valence-corrected chi connectivity index (χ3v) is 3.95. The molecular formula is C16H20BrNO2. The number of benzene rings is 1. The molecule has 0 fully saturated rings. The summed E-state index contributed by atoms with van der Waals surface area (Å²) in [6.45, 7) is 3.03. The van der Waals surface area contributed by atoms with E-state index >= 15 is 0 Å². The van der Waals surface area contributed by atoms with E-state index in [2.05, 4.69) is 40.3 Å². The molecule has 0 saturated heterocycles. The molecule has 4 heteroatoms. The standard InChI is InChI=1S/C16H20BrNO2/c1-3-18-15(16-14(17)10-11-20-16)9-6-12-4-7-13(19-2)8-5-12/h4-5,7-8,10-11,15,18H,3,6,9H2,1-2H3. The summed E-state index contributed by atoms with van der Waals surface area (Å²) in [7, 11) is 1.69. The first kappa shape index (κ1) is 15.1. The molecule has 1 aromatic heterocycles. The summed E-state index contributed by atoms with van der Waals surface area (Å²) in [5.74, 6) is 1.87. The Morgan fingerprint density at radius 1 is 1.25 bits per heavy atom. The maximum absolute atomic E-state index is 5.57. The van der Waals surface area contributed by atoms with Crippen LogP contribution in [0, 0.1) is 0 Å². The van der Waals surface area contributed by atoms with Crippen LogP contribution in [-0.4, -0.2) is 13.7 Å². The third kappa shape index (κ3) is 3.87. The molecule has 1 atom stereocenters. The van der Waals surface area contributed by atoms with Crippen molar-refractivity contribution in [1.29, 1.82) is 0 Å². The molecule has 0 saturated carbocycles. The van der Waals surface area contributed by atoms with Crippen molar-refractivity contribution in [3.05, 3.63) is 52.4 Å². The quantitative estimate of drug-likeness (QED) is 0.816. The number of furan rings is 1. The average Bonchev–Trinajstić information content (AvgIpc) is 2.90. The SMILES string of the molecule is CCNC(CCc1ccc(OC)cc1)c1occc1Br. The van der Waals surface area contributed by atoms with Crippen molar-refractivity contribution in [2.45, 2.75) is 25.8 Å². The average molecular weight is 338 g/mol. The number of aryl methyl sites for hydroxylation is 1. The second-order valence-corrected chi connectivity index (χ2v) is 5.48. The van der Waals surface area contributed by atoms with Gasteiger partial charge >= 0.3 is 0 Å². The molecule has 0 radical (unpaired) electrons. The van der Waals surface area contributed by atoms with Crippen LogP contribution in [0.5, 0.6) is 5.75 Å². The maximum atomic E-state index is 5.57. The first-order chi connectivity index (χ1) is 9.74. The largest absolute Gasteiger partial charge is 0.497 e. The Balaban J connectivity index is 2.00. The van der Waals surface area contributed by atoms with Crippen molar-refractivity contribution < 1.29 is 9.15 Å². The smallest absolute Gasteiger partial charge is 0.134 e. The van der Waals surface area contributed by atoms with Gasteiger partial charge < -0.3 is 14.5 Å². The number of hydrogen-bond acceptors (Lipinski definition) is 3. The molecule has 2 rings (SSSR count). The molecule has 3 nitrogen and oxygen atoms in total. The fourth-order valence-electron chi connectivity index (χ4n) is 2.23. The van der Waals surface area contributed by atoms with Gasteiger partial charge in [0, 0.05) is 0 Å². The van der Waals surface area contributed by atoms with Gasteiger partial charge in [-0.25, -0.2) is 0 Å². The van der Waals surface area contributed by atoms with Crippen LogP contribution in [0.4, 0.5) is 0 Å². The molecule has 1 unspecified atom stereocenters. The number of nitrogens with one attached hydrogen (secondary N) is 1. The molecule has 20 heavy (non-hydrogen) atoms. The Morgan fingerprint density at radius 2 is 2.00 bits per heavy atom. The summed E-state index contributed by atoms with van der Waals surface area (Å²) in [5, 5.41) is 3.47. The molecule has 1 N–H and O–H groups in total. The van der Waals surface area contributed by atoms with Crippen molar-refractivity contribution in [1.82, 2.24) is 5.32 Å². The van der Waals surface area contributed by atoms with Crippen molar-refractivity contribution in [3.8, 4) is 5.75 Å². The minimum absolute atomic E-state index is 0.228. The molecule has 0 aliphatic rings. The van der Waals surface area contributed by atoms with Crippen molar-refractivity contribution in [2.75, 3.05) is 13.7 Å². The van der Waals surface area contributed by atoms with E-state index in [-0.39, 0.29) is 6.04 Å². The molecule has 1 heterocycles. The monoisotopic (exact) mass is 337 g/mol. The predicted octanol–water partition coefficient (Wildman–Crippen LogP) is 4.33. The highest BCUT2D eigenvalue weighted by Crippen LogP contribution is 2.28. The zero-order valence-corrected chi connectivity index (χ0v) is 13.4. The first-order valence-corrected chi connectivity index (χ1v) is 7.63. The van der Waals surface area contributed by atoms with Gasteiger partial charge in [0.15, 0.2) is 0 Å². The van der Waals surface area contributed by atoms with Gasteiger partial charge in [-0.3, -0.25) is 0 Å². The predicted molar refractivity (Wildman–Crippen MR) is 84.1 cm³/mol. The van der Waals surface area contributed by atoms with E-state index in [0.29, 0.717) is 0 Å². The normalized spacial score (nSPS) is 12.3. The second-order valence-electron chi connectivity index (χ2n) is 4.63. The minimum atomic E-state index is 0.228. The molecule has 0 bridgehead atoms. The number of ether oxygens (including phenoxy) is 1. The molecular weight excluding hydrogens is 318 g/mol. The summed E-state index contributed by atoms with van der Waals surface area (Å²) in [4.78, 5) is 0. The van der Waals surface area contributed by atoms with Gasteiger partial charge in [-0.15, -0.1) is 0 Å². The Hall–Kier alpha value is -1.26. The fourth-order valence-corrected chi connectivity index (χ4v) is 2.71. The minimum Gasteiger partial charge on any atom is -0.497 e. The van der Waals surface area contributed by atoms with E-state index in [4.69, 9.17) is 9.15 Å². The summed E-state index contributed by atoms with van der Waals surface area (Å²) >= 11 is 3.53. The van der Waals surface area contributed by atoms with Crippen LogP contribution in [0.1, 0.15) is 30.7 Å². The summed E-state index contributed by atoms with van der Waals surface area (Å²) in [6.07, 6.45) is 3.71. The number of halogens is 1. The van der Waals surface area contributed by atoms with Crippen LogP contribution in [0.2, 0.25) is 0 Å². The lowest BCUT2D eigenvalue weighted by Gasteiger charge is -2.16. The molecule has 108 valence electrons. The van der Waals surface area contributed by atoms with Crippen molar-refractivity contribution in [2.24, 2.45) is 0 Å². The zero-order chi connectivity index (χ0) is 14.4. The van der Waals surface area contributed by atoms with Crippen LogP contribution in [0.15, 0.2) is 45.5 Å². The van der Waals surface area contributed by atoms with Gasteiger partial charge in [-0.2, -0.15) is 0 Å². The molecule has 0 spiro atoms. The lowest BCUT2D eigenvalue weighted by Crippen LogP contribution is -2.21. The Morgan fingerprint density at radius 3 is 2.55 bits per heavy atom. The van der Waals surface area contributed by atoms with Crippen LogP contribution < -0.4 is 10.1 Å². The van der Waals surface area contributed by atoms with E-state index in [0.717, 1.165) is 35.4 Å². The van der Waals surface area contributed by atoms with E-state index in [1.54, 1.807) is 13.4 Å². The zero-order valence-electron chi connectivity index (χ0n) is 11.9.